The number of carbonyl (C=O) groups excluding carboxylic acids is 2. The minimum absolute atomic E-state index is 0.0415. The average Bonchev–Trinajstić information content (AvgIpc) is 2.84. The predicted molar refractivity (Wildman–Crippen MR) is 71.4 cm³/mol. The molecule has 5 heteroatoms. The maximum Gasteiger partial charge on any atom is 0.245 e. The van der Waals surface area contributed by atoms with E-state index in [1.165, 1.54) is 5.56 Å². The van der Waals surface area contributed by atoms with Crippen molar-refractivity contribution in [2.24, 2.45) is 0 Å². The summed E-state index contributed by atoms with van der Waals surface area (Å²) < 4.78 is 0. The summed E-state index contributed by atoms with van der Waals surface area (Å²) >= 11 is 1.65. The Morgan fingerprint density at radius 1 is 1.56 bits per heavy atom. The highest BCUT2D eigenvalue weighted by molar-refractivity contribution is 7.07. The lowest BCUT2D eigenvalue weighted by Crippen LogP contribution is -2.60. The molecule has 1 aromatic rings. The van der Waals surface area contributed by atoms with Gasteiger partial charge in [-0.25, -0.2) is 0 Å². The molecule has 2 heterocycles. The summed E-state index contributed by atoms with van der Waals surface area (Å²) in [5, 5.41) is 6.85. The van der Waals surface area contributed by atoms with E-state index in [1.54, 1.807) is 16.2 Å². The number of nitrogens with zero attached hydrogens (tertiary/aromatic N) is 1. The molecule has 0 aliphatic carbocycles. The second kappa shape index (κ2) is 5.52. The van der Waals surface area contributed by atoms with E-state index in [0.29, 0.717) is 6.42 Å². The molecule has 18 heavy (non-hydrogen) atoms. The SMILES string of the molecule is CCC1NC(=O)CN(C(C)Cc2ccsc2)C1=O. The molecule has 0 bridgehead atoms. The summed E-state index contributed by atoms with van der Waals surface area (Å²) in [5.74, 6) is -0.0153. The molecule has 0 aromatic carbocycles. The molecule has 2 rings (SSSR count). The van der Waals surface area contributed by atoms with Crippen LogP contribution in [-0.2, 0) is 16.0 Å². The Morgan fingerprint density at radius 2 is 2.33 bits per heavy atom. The van der Waals surface area contributed by atoms with Gasteiger partial charge in [0.25, 0.3) is 0 Å². The minimum atomic E-state index is -0.351. The molecule has 2 unspecified atom stereocenters. The van der Waals surface area contributed by atoms with Gasteiger partial charge in [0.1, 0.15) is 6.04 Å². The first-order chi connectivity index (χ1) is 8.61. The Labute approximate surface area is 111 Å². The Balaban J connectivity index is 2.06. The van der Waals surface area contributed by atoms with Gasteiger partial charge in [0.05, 0.1) is 6.54 Å². The molecule has 2 atom stereocenters. The smallest absolute Gasteiger partial charge is 0.245 e. The maximum atomic E-state index is 12.2. The highest BCUT2D eigenvalue weighted by atomic mass is 32.1. The van der Waals surface area contributed by atoms with E-state index in [-0.39, 0.29) is 30.4 Å². The number of amides is 2. The topological polar surface area (TPSA) is 49.4 Å². The van der Waals surface area contributed by atoms with E-state index in [4.69, 9.17) is 0 Å². The lowest BCUT2D eigenvalue weighted by Gasteiger charge is -2.36. The normalized spacial score (nSPS) is 21.9. The number of hydrogen-bond donors (Lipinski definition) is 1. The van der Waals surface area contributed by atoms with Gasteiger partial charge in [-0.05, 0) is 42.2 Å². The first kappa shape index (κ1) is 13.1. The van der Waals surface area contributed by atoms with Crippen LogP contribution >= 0.6 is 11.3 Å². The Kier molecular flexibility index (Phi) is 4.01. The van der Waals surface area contributed by atoms with E-state index in [2.05, 4.69) is 16.8 Å². The van der Waals surface area contributed by atoms with Crippen molar-refractivity contribution in [2.45, 2.75) is 38.8 Å². The fourth-order valence-corrected chi connectivity index (χ4v) is 2.93. The van der Waals surface area contributed by atoms with Crippen LogP contribution in [0.5, 0.6) is 0 Å². The second-order valence-corrected chi connectivity index (χ2v) is 5.46. The molecular formula is C13H18N2O2S. The van der Waals surface area contributed by atoms with Gasteiger partial charge in [-0.3, -0.25) is 9.59 Å². The van der Waals surface area contributed by atoms with Gasteiger partial charge in [-0.15, -0.1) is 0 Å². The molecule has 0 saturated carbocycles. The van der Waals surface area contributed by atoms with Crippen LogP contribution in [0.15, 0.2) is 16.8 Å². The fraction of sp³-hybridized carbons (Fsp3) is 0.538. The Morgan fingerprint density at radius 3 is 2.94 bits per heavy atom. The van der Waals surface area contributed by atoms with Gasteiger partial charge >= 0.3 is 0 Å². The number of piperazine rings is 1. The van der Waals surface area contributed by atoms with E-state index >= 15 is 0 Å². The minimum Gasteiger partial charge on any atom is -0.343 e. The van der Waals surface area contributed by atoms with Crippen molar-refractivity contribution in [3.8, 4) is 0 Å². The first-order valence-corrected chi connectivity index (χ1v) is 7.17. The Hall–Kier alpha value is -1.36. The van der Waals surface area contributed by atoms with E-state index in [0.717, 1.165) is 6.42 Å². The molecule has 0 radical (unpaired) electrons. The van der Waals surface area contributed by atoms with Crippen molar-refractivity contribution >= 4 is 23.2 Å². The van der Waals surface area contributed by atoms with Gasteiger partial charge in [0, 0.05) is 6.04 Å². The van der Waals surface area contributed by atoms with Crippen molar-refractivity contribution in [1.29, 1.82) is 0 Å². The lowest BCUT2D eigenvalue weighted by atomic mass is 10.0. The zero-order valence-corrected chi connectivity index (χ0v) is 11.5. The quantitative estimate of drug-likeness (QED) is 0.896. The molecule has 4 nitrogen and oxygen atoms in total. The summed E-state index contributed by atoms with van der Waals surface area (Å²) in [6.45, 7) is 4.09. The molecular weight excluding hydrogens is 248 g/mol. The molecule has 1 aliphatic rings. The zero-order valence-electron chi connectivity index (χ0n) is 10.7. The van der Waals surface area contributed by atoms with E-state index in [9.17, 15) is 9.59 Å². The molecule has 1 N–H and O–H groups in total. The number of thiophene rings is 1. The zero-order chi connectivity index (χ0) is 13.1. The molecule has 1 aromatic heterocycles. The van der Waals surface area contributed by atoms with Crippen LogP contribution < -0.4 is 5.32 Å². The van der Waals surface area contributed by atoms with Gasteiger partial charge in [-0.1, -0.05) is 6.92 Å². The number of rotatable bonds is 4. The van der Waals surface area contributed by atoms with Crippen LogP contribution in [-0.4, -0.2) is 35.3 Å². The van der Waals surface area contributed by atoms with Crippen molar-refractivity contribution in [3.63, 3.8) is 0 Å². The molecule has 1 aliphatic heterocycles. The largest absolute Gasteiger partial charge is 0.343 e. The highest BCUT2D eigenvalue weighted by Gasteiger charge is 2.33. The number of carbonyl (C=O) groups is 2. The van der Waals surface area contributed by atoms with Gasteiger partial charge in [0.2, 0.25) is 11.8 Å². The van der Waals surface area contributed by atoms with Crippen LogP contribution in [0.1, 0.15) is 25.8 Å². The maximum absolute atomic E-state index is 12.2. The van der Waals surface area contributed by atoms with Crippen LogP contribution in [0.4, 0.5) is 0 Å². The van der Waals surface area contributed by atoms with Crippen molar-refractivity contribution < 1.29 is 9.59 Å². The molecule has 2 amide bonds. The summed E-state index contributed by atoms with van der Waals surface area (Å²) in [6.07, 6.45) is 1.45. The third-order valence-corrected chi connectivity index (χ3v) is 4.01. The predicted octanol–water partition coefficient (Wildman–Crippen LogP) is 1.42. The second-order valence-electron chi connectivity index (χ2n) is 4.68. The summed E-state index contributed by atoms with van der Waals surface area (Å²) in [4.78, 5) is 25.5. The Bertz CT molecular complexity index is 430. The van der Waals surface area contributed by atoms with Gasteiger partial charge in [0.15, 0.2) is 0 Å². The molecule has 1 fully saturated rings. The molecule has 1 saturated heterocycles. The van der Waals surface area contributed by atoms with Gasteiger partial charge < -0.3 is 10.2 Å². The average molecular weight is 266 g/mol. The van der Waals surface area contributed by atoms with E-state index < -0.39 is 0 Å². The van der Waals surface area contributed by atoms with E-state index in [1.807, 2.05) is 19.2 Å². The summed E-state index contributed by atoms with van der Waals surface area (Å²) in [7, 11) is 0. The third kappa shape index (κ3) is 2.72. The standard InChI is InChI=1S/C13H18N2O2S/c1-3-11-13(17)15(7-12(16)14-11)9(2)6-10-4-5-18-8-10/h4-5,8-9,11H,3,6-7H2,1-2H3,(H,14,16). The van der Waals surface area contributed by atoms with Gasteiger partial charge in [-0.2, -0.15) is 11.3 Å². The van der Waals surface area contributed by atoms with Crippen LogP contribution in [0, 0.1) is 0 Å². The third-order valence-electron chi connectivity index (χ3n) is 3.28. The monoisotopic (exact) mass is 266 g/mol. The van der Waals surface area contributed by atoms with Crippen LogP contribution in [0.25, 0.3) is 0 Å². The number of nitrogens with one attached hydrogen (secondary N) is 1. The number of hydrogen-bond acceptors (Lipinski definition) is 3. The molecule has 0 spiro atoms. The van der Waals surface area contributed by atoms with Crippen LogP contribution in [0.2, 0.25) is 0 Å². The van der Waals surface area contributed by atoms with Crippen molar-refractivity contribution in [1.82, 2.24) is 10.2 Å². The molecule has 98 valence electrons. The van der Waals surface area contributed by atoms with Crippen LogP contribution in [0.3, 0.4) is 0 Å². The highest BCUT2D eigenvalue weighted by Crippen LogP contribution is 2.15. The van der Waals surface area contributed by atoms with Crippen molar-refractivity contribution in [3.05, 3.63) is 22.4 Å². The van der Waals surface area contributed by atoms with Crippen molar-refractivity contribution in [2.75, 3.05) is 6.54 Å². The summed E-state index contributed by atoms with van der Waals surface area (Å²) in [6, 6.07) is 1.77. The summed E-state index contributed by atoms with van der Waals surface area (Å²) in [5.41, 5.74) is 1.22. The first-order valence-electron chi connectivity index (χ1n) is 6.22. The fourth-order valence-electron chi connectivity index (χ4n) is 2.24. The lowest BCUT2D eigenvalue weighted by molar-refractivity contribution is -0.146.